The van der Waals surface area contributed by atoms with E-state index in [0.717, 1.165) is 12.0 Å². The highest BCUT2D eigenvalue weighted by molar-refractivity contribution is 5.78. The van der Waals surface area contributed by atoms with Crippen LogP contribution in [-0.4, -0.2) is 139 Å². The number of carbonyl (C=O) groups is 1. The van der Waals surface area contributed by atoms with Crippen LogP contribution < -0.4 is 0 Å². The fraction of sp³-hybridized carbons (Fsp3) is 0.800. The summed E-state index contributed by atoms with van der Waals surface area (Å²) in [6, 6.07) is 0. The number of fused-ring (bicyclic) bond motifs is 2. The summed E-state index contributed by atoms with van der Waals surface area (Å²) in [5, 5.41) is 34.1. The van der Waals surface area contributed by atoms with E-state index in [2.05, 4.69) is 26.8 Å². The standard InChI is InChI=1S/C45H68O14/c1-23-15-16-44(58-27(23)5)21-32-18-31(59-44)14-13-25(3)40(24(2)11-10-12-30-22-52-42-38(46)26(4)17-33(43(48)55-32)45(30,42)49)56-37-20-35(51-9)41(29(7)54-37)57-36-19-34(50-8)39(47)28(6)53-36/h10-13,17,23-24,27-29,31-42,46-47,49H,14-16,18-22H2,1-9H3/b11-10+,25-13+,30-12+/t23-,24-,27+,28-,29-,31+,32-,33-,34-,35-,36-,37-,38+,39-,40-,41-,42+,44-,45+/m0/s1. The van der Waals surface area contributed by atoms with Gasteiger partial charge in [-0.2, -0.15) is 0 Å². The Balaban J connectivity index is 1.16. The van der Waals surface area contributed by atoms with Gasteiger partial charge in [0, 0.05) is 52.2 Å². The van der Waals surface area contributed by atoms with Crippen molar-refractivity contribution in [1.82, 2.24) is 0 Å². The summed E-state index contributed by atoms with van der Waals surface area (Å²) >= 11 is 0. The van der Waals surface area contributed by atoms with Crippen molar-refractivity contribution in [3.8, 4) is 0 Å². The molecule has 0 saturated carbocycles. The molecular weight excluding hydrogens is 764 g/mol. The second-order valence-corrected chi connectivity index (χ2v) is 18.2. The van der Waals surface area contributed by atoms with Crippen molar-refractivity contribution < 1.29 is 67.5 Å². The first kappa shape index (κ1) is 45.0. The molecule has 7 rings (SSSR count). The van der Waals surface area contributed by atoms with Gasteiger partial charge in [-0.05, 0) is 70.1 Å². The minimum atomic E-state index is -1.81. The van der Waals surface area contributed by atoms with Crippen molar-refractivity contribution in [2.75, 3.05) is 20.8 Å². The van der Waals surface area contributed by atoms with Crippen LogP contribution in [0, 0.1) is 17.8 Å². The van der Waals surface area contributed by atoms with Crippen molar-refractivity contribution in [1.29, 1.82) is 0 Å². The highest BCUT2D eigenvalue weighted by Gasteiger charge is 2.60. The van der Waals surface area contributed by atoms with Crippen molar-refractivity contribution in [3.63, 3.8) is 0 Å². The molecule has 19 atom stereocenters. The third-order valence-corrected chi connectivity index (χ3v) is 14.0. The third kappa shape index (κ3) is 9.21. The van der Waals surface area contributed by atoms with E-state index < -0.39 is 90.8 Å². The SMILES string of the molecule is CO[C@H]1C[C@H](O[C@H]2[C@H](C)O[C@@H](O[C@@H]3/C(C)=C/C[C@@H]4C[C@@H](C[C@]5(CC[C@H](C)[C@@H](C)O5)O4)OC(=O)[C@@H]4C=C(C)[C@@H](O)[C@H]5OC/C(=C\C=C\[C@@H]3C)[C@]54O)C[C@@H]2OC)O[C@@H](C)[C@@H]1O. The summed E-state index contributed by atoms with van der Waals surface area (Å²) < 4.78 is 63.2. The number of carbonyl (C=O) groups excluding carboxylic acids is 1. The van der Waals surface area contributed by atoms with Crippen LogP contribution in [0.4, 0.5) is 0 Å². The number of ether oxygens (including phenoxy) is 10. The van der Waals surface area contributed by atoms with Crippen molar-refractivity contribution in [3.05, 3.63) is 47.1 Å². The van der Waals surface area contributed by atoms with Gasteiger partial charge < -0.3 is 62.7 Å². The molecule has 1 spiro atoms. The topological polar surface area (TPSA) is 170 Å². The molecule has 0 unspecified atom stereocenters. The Kier molecular flexibility index (Phi) is 14.0. The Morgan fingerprint density at radius 2 is 1.56 bits per heavy atom. The molecule has 7 aliphatic rings. The molecule has 5 fully saturated rings. The maximum Gasteiger partial charge on any atom is 0.316 e. The smallest absolute Gasteiger partial charge is 0.316 e. The van der Waals surface area contributed by atoms with Crippen molar-refractivity contribution >= 4 is 5.97 Å². The Hall–Kier alpha value is -2.05. The number of aliphatic hydroxyl groups is 3. The first-order valence-electron chi connectivity index (χ1n) is 21.7. The maximum absolute atomic E-state index is 14.2. The van der Waals surface area contributed by atoms with E-state index in [1.54, 1.807) is 40.2 Å². The van der Waals surface area contributed by atoms with Crippen molar-refractivity contribution in [2.45, 2.75) is 191 Å². The third-order valence-electron chi connectivity index (χ3n) is 14.0. The summed E-state index contributed by atoms with van der Waals surface area (Å²) in [5.41, 5.74) is 0.186. The normalized spacial score (nSPS) is 50.7. The molecule has 1 aliphatic carbocycles. The molecule has 3 N–H and O–H groups in total. The predicted molar refractivity (Wildman–Crippen MR) is 214 cm³/mol. The summed E-state index contributed by atoms with van der Waals surface area (Å²) in [5.74, 6) is -2.39. The van der Waals surface area contributed by atoms with E-state index in [9.17, 15) is 20.1 Å². The van der Waals surface area contributed by atoms with Gasteiger partial charge in [0.2, 0.25) is 0 Å². The largest absolute Gasteiger partial charge is 0.462 e. The quantitative estimate of drug-likeness (QED) is 0.251. The first-order chi connectivity index (χ1) is 28.0. The van der Waals surface area contributed by atoms with Crippen LogP contribution in [0.5, 0.6) is 0 Å². The lowest BCUT2D eigenvalue weighted by Crippen LogP contribution is -2.58. The van der Waals surface area contributed by atoms with E-state index in [0.29, 0.717) is 55.6 Å². The number of rotatable bonds is 6. The molecule has 0 aromatic carbocycles. The molecule has 14 heteroatoms. The summed E-state index contributed by atoms with van der Waals surface area (Å²) in [4.78, 5) is 14.2. The van der Waals surface area contributed by atoms with Gasteiger partial charge in [-0.3, -0.25) is 4.79 Å². The van der Waals surface area contributed by atoms with Crippen LogP contribution in [0.3, 0.4) is 0 Å². The number of allylic oxidation sites excluding steroid dienone is 2. The molecule has 59 heavy (non-hydrogen) atoms. The zero-order valence-electron chi connectivity index (χ0n) is 36.2. The molecule has 332 valence electrons. The monoisotopic (exact) mass is 832 g/mol. The van der Waals surface area contributed by atoms with Crippen LogP contribution in [0.2, 0.25) is 0 Å². The second-order valence-electron chi connectivity index (χ2n) is 18.2. The second kappa shape index (κ2) is 18.4. The number of hydrogen-bond acceptors (Lipinski definition) is 14. The van der Waals surface area contributed by atoms with Gasteiger partial charge in [-0.15, -0.1) is 0 Å². The Morgan fingerprint density at radius 3 is 2.29 bits per heavy atom. The summed E-state index contributed by atoms with van der Waals surface area (Å²) in [7, 11) is 3.22. The molecular formula is C45H68O14. The molecule has 2 bridgehead atoms. The van der Waals surface area contributed by atoms with Gasteiger partial charge in [0.1, 0.15) is 42.0 Å². The molecule has 5 saturated heterocycles. The fourth-order valence-corrected chi connectivity index (χ4v) is 10.2. The zero-order chi connectivity index (χ0) is 42.4. The van der Waals surface area contributed by atoms with Gasteiger partial charge in [0.25, 0.3) is 0 Å². The number of hydrogen-bond donors (Lipinski definition) is 3. The molecule has 0 aromatic heterocycles. The van der Waals surface area contributed by atoms with Crippen molar-refractivity contribution in [2.24, 2.45) is 17.8 Å². The van der Waals surface area contributed by atoms with E-state index in [1.165, 1.54) is 0 Å². The maximum atomic E-state index is 14.2. The molecule has 6 heterocycles. The van der Waals surface area contributed by atoms with Gasteiger partial charge in [0.15, 0.2) is 18.4 Å². The zero-order valence-corrected chi connectivity index (χ0v) is 36.2. The van der Waals surface area contributed by atoms with Gasteiger partial charge in [-0.1, -0.05) is 44.2 Å². The molecule has 0 amide bonds. The number of methoxy groups -OCH3 is 2. The lowest BCUT2D eigenvalue weighted by atomic mass is 9.71. The van der Waals surface area contributed by atoms with E-state index in [1.807, 2.05) is 26.0 Å². The Bertz CT molecular complexity index is 1610. The number of aliphatic hydroxyl groups excluding tert-OH is 2. The lowest BCUT2D eigenvalue weighted by molar-refractivity contribution is -0.332. The molecule has 0 aromatic rings. The van der Waals surface area contributed by atoms with Crippen LogP contribution in [0.25, 0.3) is 0 Å². The van der Waals surface area contributed by atoms with E-state index >= 15 is 0 Å². The summed E-state index contributed by atoms with van der Waals surface area (Å²) in [6.07, 6.45) is 5.52. The van der Waals surface area contributed by atoms with Gasteiger partial charge in [0.05, 0.1) is 49.3 Å². The Morgan fingerprint density at radius 1 is 0.847 bits per heavy atom. The average Bonchev–Trinajstić information content (AvgIpc) is 3.53. The highest BCUT2D eigenvalue weighted by atomic mass is 16.7. The lowest BCUT2D eigenvalue weighted by Gasteiger charge is -2.49. The minimum absolute atomic E-state index is 0.0395. The Labute approximate surface area is 349 Å². The average molecular weight is 833 g/mol. The predicted octanol–water partition coefficient (Wildman–Crippen LogP) is 4.58. The van der Waals surface area contributed by atoms with E-state index in [4.69, 9.17) is 47.4 Å². The summed E-state index contributed by atoms with van der Waals surface area (Å²) in [6.45, 7) is 13.9. The van der Waals surface area contributed by atoms with Crippen LogP contribution in [-0.2, 0) is 52.2 Å². The minimum Gasteiger partial charge on any atom is -0.462 e. The highest BCUT2D eigenvalue weighted by Crippen LogP contribution is 2.47. The van der Waals surface area contributed by atoms with Crippen LogP contribution in [0.1, 0.15) is 93.4 Å². The number of esters is 1. The van der Waals surface area contributed by atoms with Gasteiger partial charge in [-0.25, -0.2) is 0 Å². The van der Waals surface area contributed by atoms with Gasteiger partial charge >= 0.3 is 5.97 Å². The van der Waals surface area contributed by atoms with Crippen LogP contribution >= 0.6 is 0 Å². The fourth-order valence-electron chi connectivity index (χ4n) is 10.2. The first-order valence-corrected chi connectivity index (χ1v) is 21.7. The molecule has 0 radical (unpaired) electrons. The van der Waals surface area contributed by atoms with E-state index in [-0.39, 0.29) is 30.8 Å². The van der Waals surface area contributed by atoms with Crippen LogP contribution in [0.15, 0.2) is 47.1 Å². The molecule has 6 aliphatic heterocycles. The molecule has 14 nitrogen and oxygen atoms in total.